The van der Waals surface area contributed by atoms with Crippen LogP contribution in [0.4, 0.5) is 26.3 Å². The van der Waals surface area contributed by atoms with Crippen molar-refractivity contribution in [3.05, 3.63) is 30.2 Å². The fraction of sp³-hybridized carbons (Fsp3) is 0.353. The number of aryl methyl sites for hydroxylation is 1. The van der Waals surface area contributed by atoms with Gasteiger partial charge in [0.1, 0.15) is 17.2 Å². The monoisotopic (exact) mass is 452 g/mol. The molecule has 3 aromatic heterocycles. The number of halogens is 6. The van der Waals surface area contributed by atoms with Gasteiger partial charge in [-0.3, -0.25) is 0 Å². The first-order valence-corrected chi connectivity index (χ1v) is 9.70. The van der Waals surface area contributed by atoms with E-state index in [1.165, 1.54) is 11.6 Å². The molecule has 0 aliphatic rings. The summed E-state index contributed by atoms with van der Waals surface area (Å²) in [6, 6.07) is 1.93. The number of ether oxygens (including phenoxy) is 1. The molecule has 30 heavy (non-hydrogen) atoms. The van der Waals surface area contributed by atoms with Crippen LogP contribution in [0.25, 0.3) is 22.6 Å². The highest BCUT2D eigenvalue weighted by Crippen LogP contribution is 2.33. The highest BCUT2D eigenvalue weighted by molar-refractivity contribution is 7.91. The minimum atomic E-state index is -4.66. The second kappa shape index (κ2) is 7.95. The van der Waals surface area contributed by atoms with Crippen LogP contribution < -0.4 is 4.74 Å². The molecule has 0 spiro atoms. The van der Waals surface area contributed by atoms with Gasteiger partial charge in [-0.05, 0) is 24.2 Å². The van der Waals surface area contributed by atoms with Crippen LogP contribution in [-0.2, 0) is 24.4 Å². The lowest BCUT2D eigenvalue weighted by Gasteiger charge is -2.14. The van der Waals surface area contributed by atoms with Gasteiger partial charge in [-0.25, -0.2) is 15.0 Å². The van der Waals surface area contributed by atoms with Crippen molar-refractivity contribution in [3.63, 3.8) is 0 Å². The highest BCUT2D eigenvalue weighted by atomic mass is 32.2. The zero-order valence-electron chi connectivity index (χ0n) is 15.5. The summed E-state index contributed by atoms with van der Waals surface area (Å²) >= 11 is -1.66. The number of pyridine rings is 2. The Labute approximate surface area is 169 Å². The third-order valence-electron chi connectivity index (χ3n) is 4.01. The Morgan fingerprint density at radius 2 is 1.80 bits per heavy atom. The van der Waals surface area contributed by atoms with Crippen molar-refractivity contribution >= 4 is 22.2 Å². The van der Waals surface area contributed by atoms with E-state index < -0.39 is 35.8 Å². The molecule has 0 saturated carbocycles. The molecule has 1 unspecified atom stereocenters. The van der Waals surface area contributed by atoms with Crippen LogP contribution in [0.1, 0.15) is 12.6 Å². The number of rotatable bonds is 5. The number of nitrogens with zero attached hydrogens (tertiary/aromatic N) is 4. The minimum absolute atomic E-state index is 0.0118. The number of hydrogen-bond donors (Lipinski definition) is 0. The smallest absolute Gasteiger partial charge is 0.433 e. The molecule has 1 atom stereocenters. The molecular weight excluding hydrogens is 438 g/mol. The van der Waals surface area contributed by atoms with Gasteiger partial charge >= 0.3 is 12.4 Å². The van der Waals surface area contributed by atoms with Crippen molar-refractivity contribution in [2.75, 3.05) is 12.4 Å². The zero-order chi connectivity index (χ0) is 22.3. The molecule has 0 aliphatic carbocycles. The van der Waals surface area contributed by atoms with Crippen molar-refractivity contribution in [3.8, 4) is 17.3 Å². The first-order chi connectivity index (χ1) is 13.9. The number of imidazole rings is 1. The van der Waals surface area contributed by atoms with Crippen molar-refractivity contribution in [1.82, 2.24) is 19.5 Å². The first-order valence-electron chi connectivity index (χ1n) is 8.38. The Balaban J connectivity index is 2.09. The third kappa shape index (κ3) is 4.61. The second-order valence-electron chi connectivity index (χ2n) is 6.11. The molecule has 6 nitrogen and oxygen atoms in total. The van der Waals surface area contributed by atoms with Gasteiger partial charge in [0.05, 0.1) is 23.4 Å². The maximum atomic E-state index is 12.9. The maximum Gasteiger partial charge on any atom is 0.433 e. The molecule has 0 radical (unpaired) electrons. The van der Waals surface area contributed by atoms with E-state index in [-0.39, 0.29) is 38.9 Å². The molecule has 0 saturated heterocycles. The van der Waals surface area contributed by atoms with E-state index in [4.69, 9.17) is 0 Å². The van der Waals surface area contributed by atoms with E-state index in [1.54, 1.807) is 6.92 Å². The average molecular weight is 452 g/mol. The molecule has 0 aromatic carbocycles. The Kier molecular flexibility index (Phi) is 5.87. The minimum Gasteiger partial charge on any atom is -0.611 e. The summed E-state index contributed by atoms with van der Waals surface area (Å²) in [5.41, 5.74) is -0.810. The molecule has 3 aromatic rings. The number of aromatic nitrogens is 4. The van der Waals surface area contributed by atoms with Crippen molar-refractivity contribution in [1.29, 1.82) is 0 Å². The van der Waals surface area contributed by atoms with Crippen LogP contribution in [0.15, 0.2) is 29.4 Å². The van der Waals surface area contributed by atoms with Gasteiger partial charge in [0, 0.05) is 13.1 Å². The van der Waals surface area contributed by atoms with Crippen LogP contribution in [0.5, 0.6) is 5.75 Å². The van der Waals surface area contributed by atoms with Gasteiger partial charge in [-0.2, -0.15) is 26.3 Å². The Morgan fingerprint density at radius 3 is 2.40 bits per heavy atom. The molecule has 0 aliphatic heterocycles. The SMILES string of the molecule is CC[S+]([O-])c1cc(OCC(F)(F)F)cnc1-c1nc2cc(C(F)(F)F)ncc2n1C. The standard InChI is InChI=1S/C17H14F6N4O2S/c1-3-30(28)12-4-9(29-8-16(18,19)20)6-25-14(12)15-26-10-5-13(17(21,22)23)24-7-11(10)27(15)2/h4-7H,3,8H2,1-2H3. The highest BCUT2D eigenvalue weighted by Gasteiger charge is 2.33. The Hall–Kier alpha value is -2.54. The fourth-order valence-corrected chi connectivity index (χ4v) is 3.54. The summed E-state index contributed by atoms with van der Waals surface area (Å²) in [5.74, 6) is -0.0286. The lowest BCUT2D eigenvalue weighted by molar-refractivity contribution is -0.153. The van der Waals surface area contributed by atoms with Gasteiger partial charge in [-0.1, -0.05) is 0 Å². The van der Waals surface area contributed by atoms with Gasteiger partial charge < -0.3 is 13.9 Å². The van der Waals surface area contributed by atoms with Gasteiger partial charge in [0.2, 0.25) is 0 Å². The van der Waals surface area contributed by atoms with Crippen molar-refractivity contribution in [2.45, 2.75) is 24.2 Å². The zero-order valence-corrected chi connectivity index (χ0v) is 16.3. The van der Waals surface area contributed by atoms with Crippen molar-refractivity contribution in [2.24, 2.45) is 7.05 Å². The van der Waals surface area contributed by atoms with Crippen molar-refractivity contribution < 1.29 is 35.6 Å². The molecule has 162 valence electrons. The predicted molar refractivity (Wildman–Crippen MR) is 95.2 cm³/mol. The largest absolute Gasteiger partial charge is 0.611 e. The summed E-state index contributed by atoms with van der Waals surface area (Å²) in [6.07, 6.45) is -7.21. The van der Waals surface area contributed by atoms with E-state index in [2.05, 4.69) is 19.7 Å². The van der Waals surface area contributed by atoms with Gasteiger partial charge in [0.15, 0.2) is 23.0 Å². The molecule has 0 amide bonds. The van der Waals surface area contributed by atoms with E-state index in [0.29, 0.717) is 0 Å². The average Bonchev–Trinajstić information content (AvgIpc) is 3.00. The lowest BCUT2D eigenvalue weighted by atomic mass is 10.3. The first kappa shape index (κ1) is 22.2. The van der Waals surface area contributed by atoms with Crippen LogP contribution >= 0.6 is 0 Å². The van der Waals surface area contributed by atoms with E-state index in [0.717, 1.165) is 24.5 Å². The lowest BCUT2D eigenvalue weighted by Crippen LogP contribution is -2.19. The van der Waals surface area contributed by atoms with Crippen LogP contribution in [0.3, 0.4) is 0 Å². The maximum absolute atomic E-state index is 12.9. The van der Waals surface area contributed by atoms with E-state index in [9.17, 15) is 30.9 Å². The van der Waals surface area contributed by atoms with E-state index >= 15 is 0 Å². The second-order valence-corrected chi connectivity index (χ2v) is 7.81. The summed E-state index contributed by atoms with van der Waals surface area (Å²) < 4.78 is 94.5. The molecule has 0 bridgehead atoms. The van der Waals surface area contributed by atoms with Gasteiger partial charge in [-0.15, -0.1) is 0 Å². The number of alkyl halides is 6. The normalized spacial score (nSPS) is 13.6. The molecule has 0 N–H and O–H groups in total. The topological polar surface area (TPSA) is 75.9 Å². The third-order valence-corrected chi connectivity index (χ3v) is 5.33. The molecule has 0 fully saturated rings. The van der Waals surface area contributed by atoms with E-state index in [1.807, 2.05) is 0 Å². The number of hydrogen-bond acceptors (Lipinski definition) is 5. The Bertz CT molecular complexity index is 1070. The number of fused-ring (bicyclic) bond motifs is 1. The summed E-state index contributed by atoms with van der Waals surface area (Å²) in [6.45, 7) is 0.0436. The molecule has 3 rings (SSSR count). The molecule has 3 heterocycles. The van der Waals surface area contributed by atoms with Crippen LogP contribution in [0, 0.1) is 0 Å². The van der Waals surface area contributed by atoms with Crippen LogP contribution in [-0.4, -0.2) is 42.6 Å². The quantitative estimate of drug-likeness (QED) is 0.430. The van der Waals surface area contributed by atoms with Crippen LogP contribution in [0.2, 0.25) is 0 Å². The fourth-order valence-electron chi connectivity index (χ4n) is 2.62. The Morgan fingerprint density at radius 1 is 1.10 bits per heavy atom. The van der Waals surface area contributed by atoms with Gasteiger partial charge in [0.25, 0.3) is 0 Å². The molecule has 13 heteroatoms. The predicted octanol–water partition coefficient (Wildman–Crippen LogP) is 4.12. The summed E-state index contributed by atoms with van der Waals surface area (Å²) in [4.78, 5) is 11.6. The summed E-state index contributed by atoms with van der Waals surface area (Å²) in [7, 11) is 1.51. The molecular formula is C17H14F6N4O2S. The summed E-state index contributed by atoms with van der Waals surface area (Å²) in [5, 5.41) is 0.